The van der Waals surface area contributed by atoms with Crippen molar-refractivity contribution in [2.75, 3.05) is 11.6 Å². The fraction of sp³-hybridized carbons (Fsp3) is 0.800. The van der Waals surface area contributed by atoms with Crippen LogP contribution in [0.2, 0.25) is 0 Å². The van der Waals surface area contributed by atoms with E-state index < -0.39 is 12.0 Å². The van der Waals surface area contributed by atoms with Crippen LogP contribution in [0.4, 0.5) is 0 Å². The topological polar surface area (TPSA) is 57.6 Å². The molecule has 1 aliphatic rings. The van der Waals surface area contributed by atoms with E-state index in [0.29, 0.717) is 18.1 Å². The Morgan fingerprint density at radius 3 is 2.80 bits per heavy atom. The summed E-state index contributed by atoms with van der Waals surface area (Å²) in [4.78, 5) is 24.0. The molecular weight excluding hydrogens is 214 g/mol. The van der Waals surface area contributed by atoms with Gasteiger partial charge in [-0.3, -0.25) is 4.79 Å². The predicted molar refractivity (Wildman–Crippen MR) is 59.7 cm³/mol. The van der Waals surface area contributed by atoms with Crippen molar-refractivity contribution in [3.63, 3.8) is 0 Å². The number of carbonyl (C=O) groups excluding carboxylic acids is 1. The Labute approximate surface area is 94.0 Å². The number of carbonyl (C=O) groups is 2. The molecule has 1 rings (SSSR count). The molecule has 0 radical (unpaired) electrons. The number of amides is 1. The molecule has 0 aliphatic carbocycles. The molecular formula is C10H17NO3S. The molecule has 1 heterocycles. The average molecular weight is 231 g/mol. The molecule has 86 valence electrons. The van der Waals surface area contributed by atoms with Crippen LogP contribution in [0.3, 0.4) is 0 Å². The van der Waals surface area contributed by atoms with Crippen LogP contribution in [0.5, 0.6) is 0 Å². The summed E-state index contributed by atoms with van der Waals surface area (Å²) in [5, 5.41) is 8.90. The maximum Gasteiger partial charge on any atom is 0.327 e. The normalized spacial score (nSPS) is 20.6. The highest BCUT2D eigenvalue weighted by Crippen LogP contribution is 2.22. The van der Waals surface area contributed by atoms with Crippen molar-refractivity contribution >= 4 is 23.6 Å². The molecule has 0 bridgehead atoms. The molecule has 15 heavy (non-hydrogen) atoms. The van der Waals surface area contributed by atoms with Gasteiger partial charge in [0.2, 0.25) is 5.91 Å². The standard InChI is InChI=1S/C10H17NO3S/c1-2-3-4-5-9(12)11-7-15-6-8(11)10(13)14/h8H,2-7H2,1H3,(H,13,14). The summed E-state index contributed by atoms with van der Waals surface area (Å²) in [7, 11) is 0. The third kappa shape index (κ3) is 3.41. The monoisotopic (exact) mass is 231 g/mol. The van der Waals surface area contributed by atoms with Crippen molar-refractivity contribution in [2.45, 2.75) is 38.6 Å². The molecule has 5 heteroatoms. The molecule has 1 fully saturated rings. The third-order valence-corrected chi connectivity index (χ3v) is 3.49. The first-order valence-electron chi connectivity index (χ1n) is 5.26. The Morgan fingerprint density at radius 1 is 1.47 bits per heavy atom. The van der Waals surface area contributed by atoms with Crippen molar-refractivity contribution in [3.8, 4) is 0 Å². The lowest BCUT2D eigenvalue weighted by Gasteiger charge is -2.20. The van der Waals surface area contributed by atoms with Crippen LogP contribution in [0.1, 0.15) is 32.6 Å². The van der Waals surface area contributed by atoms with Gasteiger partial charge in [-0.1, -0.05) is 19.8 Å². The molecule has 1 amide bonds. The molecule has 0 aromatic rings. The Balaban J connectivity index is 2.40. The van der Waals surface area contributed by atoms with Crippen LogP contribution in [0.25, 0.3) is 0 Å². The van der Waals surface area contributed by atoms with Gasteiger partial charge in [0.05, 0.1) is 5.88 Å². The number of aliphatic carboxylic acids is 1. The summed E-state index contributed by atoms with van der Waals surface area (Å²) >= 11 is 1.51. The number of carboxylic acid groups (broad SMARTS) is 1. The lowest BCUT2D eigenvalue weighted by Crippen LogP contribution is -2.41. The zero-order valence-electron chi connectivity index (χ0n) is 8.94. The summed E-state index contributed by atoms with van der Waals surface area (Å²) in [6.45, 7) is 2.08. The quantitative estimate of drug-likeness (QED) is 0.729. The summed E-state index contributed by atoms with van der Waals surface area (Å²) in [5.74, 6) is 0.154. The van der Waals surface area contributed by atoms with Gasteiger partial charge in [0.1, 0.15) is 6.04 Å². The van der Waals surface area contributed by atoms with E-state index in [1.54, 1.807) is 0 Å². The molecule has 1 unspecified atom stereocenters. The second kappa shape index (κ2) is 6.00. The highest BCUT2D eigenvalue weighted by Gasteiger charge is 2.33. The fourth-order valence-electron chi connectivity index (χ4n) is 1.56. The van der Waals surface area contributed by atoms with Crippen LogP contribution in [0.15, 0.2) is 0 Å². The first-order valence-corrected chi connectivity index (χ1v) is 6.42. The van der Waals surface area contributed by atoms with Crippen molar-refractivity contribution in [2.24, 2.45) is 0 Å². The number of hydrogen-bond acceptors (Lipinski definition) is 3. The maximum absolute atomic E-state index is 11.7. The molecule has 0 aromatic heterocycles. The molecule has 1 aliphatic heterocycles. The van der Waals surface area contributed by atoms with Crippen molar-refractivity contribution < 1.29 is 14.7 Å². The largest absolute Gasteiger partial charge is 0.480 e. The molecule has 1 saturated heterocycles. The van der Waals surface area contributed by atoms with Crippen molar-refractivity contribution in [1.29, 1.82) is 0 Å². The molecule has 0 aromatic carbocycles. The number of thioether (sulfide) groups is 1. The smallest absolute Gasteiger partial charge is 0.327 e. The van der Waals surface area contributed by atoms with Crippen LogP contribution < -0.4 is 0 Å². The number of hydrogen-bond donors (Lipinski definition) is 1. The van der Waals surface area contributed by atoms with E-state index in [-0.39, 0.29) is 5.91 Å². The summed E-state index contributed by atoms with van der Waals surface area (Å²) in [6, 6.07) is -0.607. The predicted octanol–water partition coefficient (Wildman–Crippen LogP) is 1.55. The molecule has 1 N–H and O–H groups in total. The Hall–Kier alpha value is -0.710. The van der Waals surface area contributed by atoms with Gasteiger partial charge in [0.15, 0.2) is 0 Å². The summed E-state index contributed by atoms with van der Waals surface area (Å²) < 4.78 is 0. The zero-order chi connectivity index (χ0) is 11.3. The fourth-order valence-corrected chi connectivity index (χ4v) is 2.73. The van der Waals surface area contributed by atoms with E-state index in [0.717, 1.165) is 19.3 Å². The van der Waals surface area contributed by atoms with E-state index in [9.17, 15) is 9.59 Å². The average Bonchev–Trinajstić information content (AvgIpc) is 2.66. The SMILES string of the molecule is CCCCCC(=O)N1CSCC1C(=O)O. The van der Waals surface area contributed by atoms with Crippen molar-refractivity contribution in [3.05, 3.63) is 0 Å². The van der Waals surface area contributed by atoms with Crippen LogP contribution in [0, 0.1) is 0 Å². The number of unbranched alkanes of at least 4 members (excludes halogenated alkanes) is 2. The second-order valence-corrected chi connectivity index (χ2v) is 4.67. The summed E-state index contributed by atoms with van der Waals surface area (Å²) in [5.41, 5.74) is 0. The first kappa shape index (κ1) is 12.4. The Morgan fingerprint density at radius 2 is 2.20 bits per heavy atom. The van der Waals surface area contributed by atoms with Crippen LogP contribution >= 0.6 is 11.8 Å². The minimum Gasteiger partial charge on any atom is -0.480 e. The first-order chi connectivity index (χ1) is 7.16. The van der Waals surface area contributed by atoms with Crippen molar-refractivity contribution in [1.82, 2.24) is 4.90 Å². The molecule has 1 atom stereocenters. The molecule has 0 saturated carbocycles. The van der Waals surface area contributed by atoms with Crippen LogP contribution in [-0.4, -0.2) is 39.6 Å². The van der Waals surface area contributed by atoms with Gasteiger partial charge in [0, 0.05) is 12.2 Å². The van der Waals surface area contributed by atoms with Gasteiger partial charge < -0.3 is 10.0 Å². The number of carboxylic acids is 1. The van der Waals surface area contributed by atoms with Crippen LogP contribution in [-0.2, 0) is 9.59 Å². The van der Waals surface area contributed by atoms with E-state index >= 15 is 0 Å². The third-order valence-electron chi connectivity index (χ3n) is 2.48. The van der Waals surface area contributed by atoms with E-state index in [2.05, 4.69) is 6.92 Å². The van der Waals surface area contributed by atoms with Gasteiger partial charge in [-0.2, -0.15) is 0 Å². The van der Waals surface area contributed by atoms with Gasteiger partial charge in [0.25, 0.3) is 0 Å². The highest BCUT2D eigenvalue weighted by atomic mass is 32.2. The van der Waals surface area contributed by atoms with E-state index in [1.165, 1.54) is 16.7 Å². The second-order valence-electron chi connectivity index (χ2n) is 3.67. The zero-order valence-corrected chi connectivity index (χ0v) is 9.76. The molecule has 0 spiro atoms. The van der Waals surface area contributed by atoms with E-state index in [4.69, 9.17) is 5.11 Å². The number of rotatable bonds is 5. The highest BCUT2D eigenvalue weighted by molar-refractivity contribution is 7.99. The van der Waals surface area contributed by atoms with Gasteiger partial charge in [-0.25, -0.2) is 4.79 Å². The molecule has 4 nitrogen and oxygen atoms in total. The lowest BCUT2D eigenvalue weighted by molar-refractivity contribution is -0.147. The number of nitrogens with zero attached hydrogens (tertiary/aromatic N) is 1. The maximum atomic E-state index is 11.7. The van der Waals surface area contributed by atoms with Gasteiger partial charge in [-0.15, -0.1) is 11.8 Å². The summed E-state index contributed by atoms with van der Waals surface area (Å²) in [6.07, 6.45) is 3.45. The minimum atomic E-state index is -0.885. The minimum absolute atomic E-state index is 0.0131. The Kier molecular flexibility index (Phi) is 4.94. The van der Waals surface area contributed by atoms with Gasteiger partial charge in [-0.05, 0) is 6.42 Å². The lowest BCUT2D eigenvalue weighted by atomic mass is 10.2. The van der Waals surface area contributed by atoms with Gasteiger partial charge >= 0.3 is 5.97 Å². The van der Waals surface area contributed by atoms with E-state index in [1.807, 2.05) is 0 Å². The Bertz CT molecular complexity index is 245.